The van der Waals surface area contributed by atoms with Gasteiger partial charge in [-0.15, -0.1) is 5.10 Å². The number of methoxy groups -OCH3 is 2. The van der Waals surface area contributed by atoms with Gasteiger partial charge in [0.2, 0.25) is 6.29 Å². The quantitative estimate of drug-likeness (QED) is 0.217. The molecule has 0 radical (unpaired) electrons. The number of unbranched alkanes of at least 4 members (excludes halogenated alkanes) is 1. The summed E-state index contributed by atoms with van der Waals surface area (Å²) in [5.41, 5.74) is 6.46. The number of hydrogen-bond acceptors (Lipinski definition) is 7. The van der Waals surface area contributed by atoms with Crippen LogP contribution in [0.15, 0.2) is 59.1 Å². The van der Waals surface area contributed by atoms with E-state index >= 15 is 0 Å². The van der Waals surface area contributed by atoms with E-state index in [9.17, 15) is 0 Å². The molecule has 2 aromatic carbocycles. The Morgan fingerprint density at radius 3 is 2.51 bits per heavy atom. The lowest BCUT2D eigenvalue weighted by Gasteiger charge is -2.16. The number of hydrogen-bond donors (Lipinski definition) is 1. The van der Waals surface area contributed by atoms with Gasteiger partial charge in [0.25, 0.3) is 0 Å². The molecule has 0 aliphatic heterocycles. The van der Waals surface area contributed by atoms with Crippen LogP contribution in [0.25, 0.3) is 33.7 Å². The number of nitrogens with zero attached hydrogens (tertiary/aromatic N) is 6. The first kappa shape index (κ1) is 25.2. The minimum Gasteiger partial charge on any atom is -0.350 e. The molecular formula is C27H28BrN7O2. The molecule has 3 aromatic heterocycles. The number of tetrazole rings is 1. The van der Waals surface area contributed by atoms with Crippen molar-refractivity contribution in [3.05, 3.63) is 76.2 Å². The number of halogens is 1. The van der Waals surface area contributed by atoms with Crippen LogP contribution in [0.1, 0.15) is 43.1 Å². The Labute approximate surface area is 223 Å². The molecule has 0 saturated heterocycles. The first-order chi connectivity index (χ1) is 18.1. The van der Waals surface area contributed by atoms with Crippen LogP contribution in [0.2, 0.25) is 0 Å². The van der Waals surface area contributed by atoms with Gasteiger partial charge in [-0.1, -0.05) is 55.8 Å². The van der Waals surface area contributed by atoms with E-state index in [1.807, 2.05) is 24.3 Å². The highest BCUT2D eigenvalue weighted by Gasteiger charge is 2.21. The zero-order valence-electron chi connectivity index (χ0n) is 21.0. The summed E-state index contributed by atoms with van der Waals surface area (Å²) in [5, 5.41) is 14.7. The summed E-state index contributed by atoms with van der Waals surface area (Å²) >= 11 is 3.62. The molecule has 5 rings (SSSR count). The molecule has 3 heterocycles. The van der Waals surface area contributed by atoms with Crippen LogP contribution in [-0.4, -0.2) is 49.4 Å². The topological polar surface area (TPSA) is 104 Å². The zero-order valence-corrected chi connectivity index (χ0v) is 22.6. The predicted octanol–water partition coefficient (Wildman–Crippen LogP) is 5.72. The average molecular weight is 562 g/mol. The Hall–Kier alpha value is -3.47. The summed E-state index contributed by atoms with van der Waals surface area (Å²) in [7, 11) is 3.20. The second kappa shape index (κ2) is 11.3. The molecule has 9 nitrogen and oxygen atoms in total. The van der Waals surface area contributed by atoms with Crippen LogP contribution in [0.4, 0.5) is 0 Å². The van der Waals surface area contributed by atoms with Crippen molar-refractivity contribution in [3.63, 3.8) is 0 Å². The van der Waals surface area contributed by atoms with Gasteiger partial charge in [-0.2, -0.15) is 0 Å². The molecule has 37 heavy (non-hydrogen) atoms. The van der Waals surface area contributed by atoms with E-state index in [0.717, 1.165) is 63.0 Å². The lowest BCUT2D eigenvalue weighted by atomic mass is 9.97. The Kier molecular flexibility index (Phi) is 7.68. The van der Waals surface area contributed by atoms with Crippen LogP contribution < -0.4 is 0 Å². The predicted molar refractivity (Wildman–Crippen MR) is 145 cm³/mol. The third kappa shape index (κ3) is 5.18. The molecule has 0 fully saturated rings. The summed E-state index contributed by atoms with van der Waals surface area (Å²) in [6.45, 7) is 2.78. The molecular weight excluding hydrogens is 534 g/mol. The summed E-state index contributed by atoms with van der Waals surface area (Å²) in [6.07, 6.45) is 2.39. The number of rotatable bonds is 10. The van der Waals surface area contributed by atoms with Gasteiger partial charge in [-0.25, -0.2) is 15.1 Å². The van der Waals surface area contributed by atoms with E-state index in [-0.39, 0.29) is 0 Å². The average Bonchev–Trinajstić information content (AvgIpc) is 3.57. The van der Waals surface area contributed by atoms with Crippen molar-refractivity contribution < 1.29 is 9.47 Å². The summed E-state index contributed by atoms with van der Waals surface area (Å²) < 4.78 is 14.0. The Balaban J connectivity index is 1.62. The number of imidazole rings is 1. The molecule has 10 heteroatoms. The molecule has 0 atom stereocenters. The van der Waals surface area contributed by atoms with Crippen molar-refractivity contribution in [3.8, 4) is 22.5 Å². The van der Waals surface area contributed by atoms with Crippen molar-refractivity contribution in [1.29, 1.82) is 0 Å². The maximum Gasteiger partial charge on any atom is 0.201 e. The van der Waals surface area contributed by atoms with Crippen molar-refractivity contribution in [1.82, 2.24) is 35.2 Å². The summed E-state index contributed by atoms with van der Waals surface area (Å²) in [5.74, 6) is 1.62. The standard InChI is InChI=1S/C27H28BrN7O2/c1-4-5-11-23-29-22-15-21(28)24(27(36-2)37-3)30-26(22)35(23)16-17-12-13-19(18-9-7-6-8-10-18)20(14-17)25-31-33-34-32-25/h6-10,12-15,27H,4-5,11,16H2,1-3H3,(H,31,32,33,34). The van der Waals surface area contributed by atoms with Gasteiger partial charge in [0, 0.05) is 30.7 Å². The third-order valence-electron chi connectivity index (χ3n) is 6.30. The minimum atomic E-state index is -0.586. The zero-order chi connectivity index (χ0) is 25.8. The van der Waals surface area contributed by atoms with Crippen molar-refractivity contribution >= 4 is 27.1 Å². The highest BCUT2D eigenvalue weighted by atomic mass is 79.9. The van der Waals surface area contributed by atoms with Crippen LogP contribution in [0, 0.1) is 0 Å². The second-order valence-electron chi connectivity index (χ2n) is 8.72. The summed E-state index contributed by atoms with van der Waals surface area (Å²) in [6, 6.07) is 18.6. The first-order valence-electron chi connectivity index (χ1n) is 12.2. The number of aryl methyl sites for hydroxylation is 1. The highest BCUT2D eigenvalue weighted by molar-refractivity contribution is 9.10. The van der Waals surface area contributed by atoms with Gasteiger partial charge >= 0.3 is 0 Å². The fourth-order valence-electron chi connectivity index (χ4n) is 4.47. The van der Waals surface area contributed by atoms with E-state index in [1.54, 1.807) is 14.2 Å². The monoisotopic (exact) mass is 561 g/mol. The van der Waals surface area contributed by atoms with Gasteiger partial charge in [0.05, 0.1) is 6.54 Å². The molecule has 1 N–H and O–H groups in total. The third-order valence-corrected chi connectivity index (χ3v) is 6.93. The number of nitrogens with one attached hydrogen (secondary N) is 1. The van der Waals surface area contributed by atoms with E-state index in [1.165, 1.54) is 0 Å². The van der Waals surface area contributed by atoms with E-state index in [2.05, 4.69) is 78.4 Å². The van der Waals surface area contributed by atoms with Crippen LogP contribution in [0.5, 0.6) is 0 Å². The molecule has 190 valence electrons. The molecule has 0 bridgehead atoms. The Bertz CT molecular complexity index is 1480. The number of H-pyrrole nitrogens is 1. The van der Waals surface area contributed by atoms with Crippen LogP contribution in [-0.2, 0) is 22.4 Å². The molecule has 0 aliphatic carbocycles. The number of aromatic nitrogens is 7. The van der Waals surface area contributed by atoms with Gasteiger partial charge in [0.1, 0.15) is 17.0 Å². The molecule has 0 spiro atoms. The number of aromatic amines is 1. The maximum absolute atomic E-state index is 5.49. The highest BCUT2D eigenvalue weighted by Crippen LogP contribution is 2.32. The molecule has 5 aromatic rings. The smallest absolute Gasteiger partial charge is 0.201 e. The minimum absolute atomic E-state index is 0.586. The van der Waals surface area contributed by atoms with E-state index in [0.29, 0.717) is 18.1 Å². The van der Waals surface area contributed by atoms with Gasteiger partial charge in [-0.3, -0.25) is 0 Å². The van der Waals surface area contributed by atoms with Crippen molar-refractivity contribution in [2.45, 2.75) is 39.0 Å². The van der Waals surface area contributed by atoms with Gasteiger partial charge in [0.15, 0.2) is 11.5 Å². The molecule has 0 saturated carbocycles. The number of ether oxygens (including phenoxy) is 2. The van der Waals surface area contributed by atoms with Crippen molar-refractivity contribution in [2.24, 2.45) is 0 Å². The number of fused-ring (bicyclic) bond motifs is 1. The second-order valence-corrected chi connectivity index (χ2v) is 9.57. The van der Waals surface area contributed by atoms with Crippen LogP contribution >= 0.6 is 15.9 Å². The maximum atomic E-state index is 5.49. The lowest BCUT2D eigenvalue weighted by molar-refractivity contribution is -0.109. The Morgan fingerprint density at radius 1 is 1.00 bits per heavy atom. The number of benzene rings is 2. The van der Waals surface area contributed by atoms with Crippen LogP contribution in [0.3, 0.4) is 0 Å². The summed E-state index contributed by atoms with van der Waals surface area (Å²) in [4.78, 5) is 9.89. The van der Waals surface area contributed by atoms with E-state index < -0.39 is 6.29 Å². The Morgan fingerprint density at radius 2 is 1.81 bits per heavy atom. The van der Waals surface area contributed by atoms with E-state index in [4.69, 9.17) is 19.4 Å². The fourth-order valence-corrected chi connectivity index (χ4v) is 4.97. The molecule has 0 amide bonds. The largest absolute Gasteiger partial charge is 0.350 e. The first-order valence-corrected chi connectivity index (χ1v) is 13.0. The SMILES string of the molecule is CCCCc1nc2cc(Br)c(C(OC)OC)nc2n1Cc1ccc(-c2ccccc2)c(-c2nnn[nH]2)c1. The fraction of sp³-hybridized carbons (Fsp3) is 0.296. The molecule has 0 unspecified atom stereocenters. The lowest BCUT2D eigenvalue weighted by Crippen LogP contribution is -2.10. The normalized spacial score (nSPS) is 11.6. The van der Waals surface area contributed by atoms with Gasteiger partial charge < -0.3 is 14.0 Å². The van der Waals surface area contributed by atoms with Crippen molar-refractivity contribution in [2.75, 3.05) is 14.2 Å². The van der Waals surface area contributed by atoms with Gasteiger partial charge in [-0.05, 0) is 61.6 Å². The number of pyridine rings is 1. The molecule has 0 aliphatic rings.